The molecule has 0 radical (unpaired) electrons. The normalized spacial score (nSPS) is 24.2. The van der Waals surface area contributed by atoms with E-state index < -0.39 is 53.0 Å². The van der Waals surface area contributed by atoms with Crippen molar-refractivity contribution in [3.05, 3.63) is 65.0 Å². The van der Waals surface area contributed by atoms with E-state index in [0.717, 1.165) is 30.7 Å². The summed E-state index contributed by atoms with van der Waals surface area (Å²) in [7, 11) is 0. The van der Waals surface area contributed by atoms with Gasteiger partial charge >= 0.3 is 12.2 Å². The third-order valence-corrected chi connectivity index (χ3v) is 7.86. The Labute approximate surface area is 230 Å². The summed E-state index contributed by atoms with van der Waals surface area (Å²) in [4.78, 5) is 0. The molecule has 2 saturated carbocycles. The van der Waals surface area contributed by atoms with Gasteiger partial charge in [0.15, 0.2) is 11.6 Å². The Bertz CT molecular complexity index is 1110. The fourth-order valence-corrected chi connectivity index (χ4v) is 5.55. The lowest BCUT2D eigenvalue weighted by Gasteiger charge is -2.35. The standard InChI is InChI=1S/C30H35F7O3/c1-2-3-19-6-14-25(27(32)16-19)30(36,37)39-23-11-9-22(10-12-23)38-18-20-4-7-21(8-5-20)29(34,35)40-24-13-15-26(31)28(33)17-24/h6,13-17,20-23H,2-5,7-12,18H2,1H3. The fraction of sp³-hybridized carbons (Fsp3) is 0.600. The van der Waals surface area contributed by atoms with Crippen LogP contribution in [0.3, 0.4) is 0 Å². The monoisotopic (exact) mass is 576 g/mol. The molecule has 0 heterocycles. The van der Waals surface area contributed by atoms with Gasteiger partial charge < -0.3 is 14.2 Å². The summed E-state index contributed by atoms with van der Waals surface area (Å²) >= 11 is 0. The lowest BCUT2D eigenvalue weighted by Crippen LogP contribution is -2.38. The maximum Gasteiger partial charge on any atom is 0.400 e. The predicted octanol–water partition coefficient (Wildman–Crippen LogP) is 8.93. The van der Waals surface area contributed by atoms with Crippen molar-refractivity contribution in [2.45, 2.75) is 95.6 Å². The Morgan fingerprint density at radius 2 is 1.43 bits per heavy atom. The Balaban J connectivity index is 1.17. The fourth-order valence-electron chi connectivity index (χ4n) is 5.55. The SMILES string of the molecule is CCCc1ccc(C(F)(F)OC2CCC(OCC3CCC(C(F)(F)Oc4ccc(F)c(F)c4)CC3)CC2)c(F)c1. The highest BCUT2D eigenvalue weighted by Gasteiger charge is 2.44. The minimum atomic E-state index is -3.73. The van der Waals surface area contributed by atoms with E-state index in [1.165, 1.54) is 6.07 Å². The van der Waals surface area contributed by atoms with Crippen LogP contribution in [-0.2, 0) is 22.0 Å². The number of aryl methyl sites for hydroxylation is 1. The minimum Gasteiger partial charge on any atom is -0.432 e. The summed E-state index contributed by atoms with van der Waals surface area (Å²) in [5.41, 5.74) is -0.100. The molecular formula is C30H35F7O3. The summed E-state index contributed by atoms with van der Waals surface area (Å²) in [6, 6.07) is 6.04. The summed E-state index contributed by atoms with van der Waals surface area (Å²) in [5, 5.41) is 0. The molecule has 0 amide bonds. The zero-order valence-corrected chi connectivity index (χ0v) is 22.4. The van der Waals surface area contributed by atoms with E-state index in [0.29, 0.717) is 63.2 Å². The van der Waals surface area contributed by atoms with Crippen molar-refractivity contribution in [3.63, 3.8) is 0 Å². The van der Waals surface area contributed by atoms with Crippen LogP contribution < -0.4 is 4.74 Å². The van der Waals surface area contributed by atoms with Crippen LogP contribution in [0.1, 0.15) is 75.8 Å². The summed E-state index contributed by atoms with van der Waals surface area (Å²) in [5.74, 6) is -4.78. The Hall–Kier alpha value is -2.33. The molecule has 2 aliphatic carbocycles. The van der Waals surface area contributed by atoms with Crippen molar-refractivity contribution >= 4 is 0 Å². The van der Waals surface area contributed by atoms with Crippen molar-refractivity contribution in [2.75, 3.05) is 6.61 Å². The van der Waals surface area contributed by atoms with E-state index in [1.807, 2.05) is 6.92 Å². The van der Waals surface area contributed by atoms with Gasteiger partial charge in [-0.05, 0) is 93.5 Å². The number of hydrogen-bond acceptors (Lipinski definition) is 3. The van der Waals surface area contributed by atoms with Crippen molar-refractivity contribution in [3.8, 4) is 5.75 Å². The maximum absolute atomic E-state index is 14.7. The molecule has 10 heteroatoms. The second kappa shape index (κ2) is 13.1. The number of benzene rings is 2. The van der Waals surface area contributed by atoms with Crippen molar-refractivity contribution in [1.82, 2.24) is 0 Å². The van der Waals surface area contributed by atoms with Crippen molar-refractivity contribution < 1.29 is 44.9 Å². The first-order chi connectivity index (χ1) is 19.0. The van der Waals surface area contributed by atoms with Gasteiger partial charge in [0.25, 0.3) is 0 Å². The summed E-state index contributed by atoms with van der Waals surface area (Å²) in [6.07, 6.45) is -3.66. The van der Waals surface area contributed by atoms with Crippen LogP contribution in [0.25, 0.3) is 0 Å². The number of rotatable bonds is 11. The molecule has 0 atom stereocenters. The zero-order chi connectivity index (χ0) is 28.9. The first-order valence-corrected chi connectivity index (χ1v) is 13.9. The molecule has 0 N–H and O–H groups in total. The van der Waals surface area contributed by atoms with Gasteiger partial charge in [0, 0.05) is 12.7 Å². The third-order valence-electron chi connectivity index (χ3n) is 7.86. The first-order valence-electron chi connectivity index (χ1n) is 13.9. The van der Waals surface area contributed by atoms with E-state index in [4.69, 9.17) is 14.2 Å². The van der Waals surface area contributed by atoms with Gasteiger partial charge in [-0.15, -0.1) is 0 Å². The molecule has 222 valence electrons. The van der Waals surface area contributed by atoms with Gasteiger partial charge in [0.05, 0.1) is 23.7 Å². The number of alkyl halides is 4. The molecule has 0 saturated heterocycles. The van der Waals surface area contributed by atoms with Gasteiger partial charge in [-0.1, -0.05) is 19.4 Å². The highest BCUT2D eigenvalue weighted by atomic mass is 19.3. The molecule has 0 spiro atoms. The second-order valence-corrected chi connectivity index (χ2v) is 10.9. The van der Waals surface area contributed by atoms with E-state index in [2.05, 4.69) is 0 Å². The molecule has 2 aromatic carbocycles. The highest BCUT2D eigenvalue weighted by Crippen LogP contribution is 2.41. The largest absolute Gasteiger partial charge is 0.432 e. The topological polar surface area (TPSA) is 27.7 Å². The molecule has 0 unspecified atom stereocenters. The van der Waals surface area contributed by atoms with E-state index in [9.17, 15) is 30.7 Å². The third kappa shape index (κ3) is 7.90. The van der Waals surface area contributed by atoms with Crippen LogP contribution in [0.2, 0.25) is 0 Å². The number of ether oxygens (including phenoxy) is 3. The Morgan fingerprint density at radius 1 is 0.750 bits per heavy atom. The van der Waals surface area contributed by atoms with Crippen LogP contribution in [0.15, 0.2) is 36.4 Å². The second-order valence-electron chi connectivity index (χ2n) is 10.9. The molecule has 0 aromatic heterocycles. The van der Waals surface area contributed by atoms with Crippen molar-refractivity contribution in [2.24, 2.45) is 11.8 Å². The van der Waals surface area contributed by atoms with Crippen LogP contribution in [-0.4, -0.2) is 24.9 Å². The molecule has 40 heavy (non-hydrogen) atoms. The molecular weight excluding hydrogens is 541 g/mol. The molecule has 0 bridgehead atoms. The van der Waals surface area contributed by atoms with Crippen LogP contribution in [0.5, 0.6) is 5.75 Å². The molecule has 2 aliphatic rings. The van der Waals surface area contributed by atoms with Crippen molar-refractivity contribution in [1.29, 1.82) is 0 Å². The van der Waals surface area contributed by atoms with E-state index in [-0.39, 0.29) is 24.9 Å². The average Bonchev–Trinajstić information content (AvgIpc) is 2.90. The minimum absolute atomic E-state index is 0.0762. The van der Waals surface area contributed by atoms with Gasteiger partial charge in [0.2, 0.25) is 0 Å². The lowest BCUT2D eigenvalue weighted by molar-refractivity contribution is -0.280. The lowest BCUT2D eigenvalue weighted by atomic mass is 9.81. The van der Waals surface area contributed by atoms with Gasteiger partial charge in [-0.25, -0.2) is 13.2 Å². The van der Waals surface area contributed by atoms with Gasteiger partial charge in [0.1, 0.15) is 11.6 Å². The molecule has 4 rings (SSSR count). The van der Waals surface area contributed by atoms with Crippen LogP contribution in [0, 0.1) is 29.3 Å². The van der Waals surface area contributed by atoms with E-state index >= 15 is 0 Å². The molecule has 2 aromatic rings. The van der Waals surface area contributed by atoms with E-state index in [1.54, 1.807) is 0 Å². The van der Waals surface area contributed by atoms with Crippen LogP contribution in [0.4, 0.5) is 30.7 Å². The highest BCUT2D eigenvalue weighted by molar-refractivity contribution is 5.27. The smallest absolute Gasteiger partial charge is 0.400 e. The first kappa shape index (κ1) is 30.6. The molecule has 3 nitrogen and oxygen atoms in total. The molecule has 2 fully saturated rings. The zero-order valence-electron chi connectivity index (χ0n) is 22.4. The maximum atomic E-state index is 14.7. The Kier molecular flexibility index (Phi) is 10.0. The van der Waals surface area contributed by atoms with Gasteiger partial charge in [-0.2, -0.15) is 17.6 Å². The average molecular weight is 577 g/mol. The molecule has 0 aliphatic heterocycles. The summed E-state index contributed by atoms with van der Waals surface area (Å²) < 4.78 is 115. The van der Waals surface area contributed by atoms with Crippen LogP contribution >= 0.6 is 0 Å². The quantitative estimate of drug-likeness (QED) is 0.250. The number of halogens is 7. The summed E-state index contributed by atoms with van der Waals surface area (Å²) in [6.45, 7) is 2.30. The number of hydrogen-bond donors (Lipinski definition) is 0. The Morgan fingerprint density at radius 3 is 2.05 bits per heavy atom. The predicted molar refractivity (Wildman–Crippen MR) is 135 cm³/mol. The van der Waals surface area contributed by atoms with Gasteiger partial charge in [-0.3, -0.25) is 0 Å².